The van der Waals surface area contributed by atoms with Crippen molar-refractivity contribution in [2.45, 2.75) is 31.7 Å². The summed E-state index contributed by atoms with van der Waals surface area (Å²) in [5.41, 5.74) is 1.37. The summed E-state index contributed by atoms with van der Waals surface area (Å²) < 4.78 is 5.14. The summed E-state index contributed by atoms with van der Waals surface area (Å²) in [6.45, 7) is 2.17. The molecule has 5 heteroatoms. The molecule has 0 radical (unpaired) electrons. The summed E-state index contributed by atoms with van der Waals surface area (Å²) in [4.78, 5) is 12.2. The first-order valence-corrected chi connectivity index (χ1v) is 8.53. The molecule has 1 fully saturated rings. The van der Waals surface area contributed by atoms with Crippen LogP contribution < -0.4 is 10.6 Å². The van der Waals surface area contributed by atoms with E-state index in [1.807, 2.05) is 6.07 Å². The number of rotatable bonds is 9. The van der Waals surface area contributed by atoms with Gasteiger partial charge in [-0.05, 0) is 43.7 Å². The molecule has 0 spiro atoms. The number of carbonyl (C=O) groups is 1. The number of nitrogens with one attached hydrogen (secondary N) is 2. The molecule has 5 nitrogen and oxygen atoms in total. The number of piperidine rings is 1. The fourth-order valence-electron chi connectivity index (χ4n) is 3.01. The van der Waals surface area contributed by atoms with E-state index in [1.54, 1.807) is 0 Å². The van der Waals surface area contributed by atoms with Crippen LogP contribution >= 0.6 is 0 Å². The van der Waals surface area contributed by atoms with Crippen LogP contribution in [-0.2, 0) is 16.0 Å². The van der Waals surface area contributed by atoms with Crippen molar-refractivity contribution in [3.63, 3.8) is 0 Å². The first-order chi connectivity index (χ1) is 11.3. The Morgan fingerprint density at radius 1 is 1.30 bits per heavy atom. The Bertz CT molecular complexity index is 453. The van der Waals surface area contributed by atoms with E-state index in [1.165, 1.54) is 5.56 Å². The quantitative estimate of drug-likeness (QED) is 0.596. The molecule has 0 aliphatic carbocycles. The summed E-state index contributed by atoms with van der Waals surface area (Å²) >= 11 is 0. The molecule has 2 unspecified atom stereocenters. The third-order valence-electron chi connectivity index (χ3n) is 4.29. The lowest BCUT2D eigenvalue weighted by molar-refractivity contribution is -0.124. The van der Waals surface area contributed by atoms with Gasteiger partial charge in [0.15, 0.2) is 0 Å². The largest absolute Gasteiger partial charge is 0.394 e. The third kappa shape index (κ3) is 6.69. The molecule has 2 atom stereocenters. The highest BCUT2D eigenvalue weighted by molar-refractivity contribution is 5.81. The number of aliphatic hydroxyl groups excluding tert-OH is 1. The molecule has 1 aliphatic rings. The highest BCUT2D eigenvalue weighted by Gasteiger charge is 2.26. The van der Waals surface area contributed by atoms with Gasteiger partial charge >= 0.3 is 0 Å². The van der Waals surface area contributed by atoms with E-state index < -0.39 is 0 Å². The molecule has 1 aliphatic heterocycles. The molecule has 1 aromatic carbocycles. The second-order valence-corrected chi connectivity index (χ2v) is 6.05. The first kappa shape index (κ1) is 17.9. The normalized spacial score (nSPS) is 21.1. The number of carbonyl (C=O) groups excluding carboxylic acids is 1. The van der Waals surface area contributed by atoms with Crippen LogP contribution in [0.3, 0.4) is 0 Å². The minimum atomic E-state index is -0.0950. The molecule has 0 bridgehead atoms. The predicted molar refractivity (Wildman–Crippen MR) is 90.2 cm³/mol. The Morgan fingerprint density at radius 3 is 2.91 bits per heavy atom. The molecule has 2 rings (SSSR count). The molecular weight excluding hydrogens is 292 g/mol. The highest BCUT2D eigenvalue weighted by Crippen LogP contribution is 2.22. The van der Waals surface area contributed by atoms with Crippen molar-refractivity contribution in [1.29, 1.82) is 0 Å². The van der Waals surface area contributed by atoms with Crippen molar-refractivity contribution >= 4 is 5.91 Å². The van der Waals surface area contributed by atoms with Crippen molar-refractivity contribution in [1.82, 2.24) is 10.6 Å². The Labute approximate surface area is 138 Å². The molecule has 3 N–H and O–H groups in total. The van der Waals surface area contributed by atoms with Gasteiger partial charge in [0.05, 0.1) is 25.9 Å². The number of amides is 1. The van der Waals surface area contributed by atoms with Crippen molar-refractivity contribution in [2.24, 2.45) is 5.92 Å². The zero-order valence-electron chi connectivity index (χ0n) is 13.7. The number of hydrogen-bond donors (Lipinski definition) is 3. The molecule has 1 aromatic rings. The lowest BCUT2D eigenvalue weighted by atomic mass is 9.87. The SMILES string of the molecule is O=C(NCCOCCO)C1CC(CCc2ccccc2)CCN1. The smallest absolute Gasteiger partial charge is 0.237 e. The molecule has 128 valence electrons. The van der Waals surface area contributed by atoms with Gasteiger partial charge in [0.25, 0.3) is 0 Å². The van der Waals surface area contributed by atoms with Gasteiger partial charge in [-0.1, -0.05) is 30.3 Å². The lowest BCUT2D eigenvalue weighted by Gasteiger charge is -2.29. The summed E-state index contributed by atoms with van der Waals surface area (Å²) in [5, 5.41) is 14.8. The molecular formula is C18H28N2O3. The Balaban J connectivity index is 1.67. The number of aliphatic hydroxyl groups is 1. The van der Waals surface area contributed by atoms with Crippen molar-refractivity contribution < 1.29 is 14.6 Å². The number of aryl methyl sites for hydroxylation is 1. The molecule has 1 amide bonds. The van der Waals surface area contributed by atoms with Crippen LogP contribution in [0.5, 0.6) is 0 Å². The maximum Gasteiger partial charge on any atom is 0.237 e. The van der Waals surface area contributed by atoms with Gasteiger partial charge < -0.3 is 20.5 Å². The average Bonchev–Trinajstić information content (AvgIpc) is 2.61. The summed E-state index contributed by atoms with van der Waals surface area (Å²) in [5.74, 6) is 0.653. The van der Waals surface area contributed by atoms with E-state index in [4.69, 9.17) is 9.84 Å². The molecule has 1 saturated heterocycles. The van der Waals surface area contributed by atoms with Crippen molar-refractivity contribution in [3.05, 3.63) is 35.9 Å². The average molecular weight is 320 g/mol. The maximum atomic E-state index is 12.2. The van der Waals surface area contributed by atoms with Crippen LogP contribution in [0.25, 0.3) is 0 Å². The summed E-state index contributed by atoms with van der Waals surface area (Å²) in [7, 11) is 0. The van der Waals surface area contributed by atoms with Crippen LogP contribution in [0.15, 0.2) is 30.3 Å². The van der Waals surface area contributed by atoms with Gasteiger partial charge in [-0.25, -0.2) is 0 Å². The van der Waals surface area contributed by atoms with Crippen molar-refractivity contribution in [3.8, 4) is 0 Å². The van der Waals surface area contributed by atoms with E-state index in [2.05, 4.69) is 34.9 Å². The fourth-order valence-corrected chi connectivity index (χ4v) is 3.01. The van der Waals surface area contributed by atoms with Gasteiger partial charge in [0.1, 0.15) is 0 Å². The van der Waals surface area contributed by atoms with Gasteiger partial charge in [0, 0.05) is 6.54 Å². The summed E-state index contributed by atoms with van der Waals surface area (Å²) in [6, 6.07) is 10.4. The minimum absolute atomic E-state index is 0.0151. The van der Waals surface area contributed by atoms with E-state index in [0.29, 0.717) is 25.7 Å². The zero-order valence-corrected chi connectivity index (χ0v) is 13.7. The second kappa shape index (κ2) is 10.4. The first-order valence-electron chi connectivity index (χ1n) is 8.53. The van der Waals surface area contributed by atoms with Crippen LogP contribution in [0.1, 0.15) is 24.8 Å². The third-order valence-corrected chi connectivity index (χ3v) is 4.29. The van der Waals surface area contributed by atoms with Crippen LogP contribution in [-0.4, -0.2) is 50.0 Å². The number of ether oxygens (including phenoxy) is 1. The monoisotopic (exact) mass is 320 g/mol. The zero-order chi connectivity index (χ0) is 16.3. The lowest BCUT2D eigenvalue weighted by Crippen LogP contribution is -2.49. The number of benzene rings is 1. The van der Waals surface area contributed by atoms with Crippen LogP contribution in [0, 0.1) is 5.92 Å². The topological polar surface area (TPSA) is 70.6 Å². The Morgan fingerprint density at radius 2 is 2.13 bits per heavy atom. The molecule has 1 heterocycles. The maximum absolute atomic E-state index is 12.2. The minimum Gasteiger partial charge on any atom is -0.394 e. The molecule has 23 heavy (non-hydrogen) atoms. The van der Waals surface area contributed by atoms with Gasteiger partial charge in [0.2, 0.25) is 5.91 Å². The van der Waals surface area contributed by atoms with Crippen LogP contribution in [0.2, 0.25) is 0 Å². The van der Waals surface area contributed by atoms with E-state index in [0.717, 1.165) is 32.2 Å². The Hall–Kier alpha value is -1.43. The number of hydrogen-bond acceptors (Lipinski definition) is 4. The molecule has 0 aromatic heterocycles. The second-order valence-electron chi connectivity index (χ2n) is 6.05. The fraction of sp³-hybridized carbons (Fsp3) is 0.611. The van der Waals surface area contributed by atoms with E-state index >= 15 is 0 Å². The predicted octanol–water partition coefficient (Wildman–Crippen LogP) is 1.11. The van der Waals surface area contributed by atoms with Gasteiger partial charge in [-0.15, -0.1) is 0 Å². The van der Waals surface area contributed by atoms with Crippen molar-refractivity contribution in [2.75, 3.05) is 32.9 Å². The van der Waals surface area contributed by atoms with Gasteiger partial charge in [-0.3, -0.25) is 4.79 Å². The van der Waals surface area contributed by atoms with E-state index in [9.17, 15) is 4.79 Å². The van der Waals surface area contributed by atoms with E-state index in [-0.39, 0.29) is 18.6 Å². The summed E-state index contributed by atoms with van der Waals surface area (Å²) in [6.07, 6.45) is 4.25. The van der Waals surface area contributed by atoms with Crippen LogP contribution in [0.4, 0.5) is 0 Å². The van der Waals surface area contributed by atoms with Gasteiger partial charge in [-0.2, -0.15) is 0 Å². The highest BCUT2D eigenvalue weighted by atomic mass is 16.5. The standard InChI is InChI=1S/C18H28N2O3/c21-11-13-23-12-10-20-18(22)17-14-16(8-9-19-17)7-6-15-4-2-1-3-5-15/h1-5,16-17,19,21H,6-14H2,(H,20,22). The Kier molecular flexibility index (Phi) is 8.07. The molecule has 0 saturated carbocycles.